The van der Waals surface area contributed by atoms with Crippen LogP contribution in [0.1, 0.15) is 0 Å². The van der Waals surface area contributed by atoms with Crippen molar-refractivity contribution < 1.29 is 0 Å². The molecule has 6 aromatic carbocycles. The Morgan fingerprint density at radius 1 is 0.275 bits per heavy atom. The van der Waals surface area contributed by atoms with Crippen molar-refractivity contribution in [2.75, 3.05) is 21.3 Å². The van der Waals surface area contributed by atoms with Gasteiger partial charge in [-0.3, -0.25) is 0 Å². The molecular weight excluding hydrogens is 488 g/mol. The zero-order valence-corrected chi connectivity index (χ0v) is 22.1. The van der Waals surface area contributed by atoms with Crippen molar-refractivity contribution in [2.45, 2.75) is 0 Å². The number of nitrogen functional groups attached to an aromatic ring is 2. The van der Waals surface area contributed by atoms with Gasteiger partial charge in [0.15, 0.2) is 0 Å². The van der Waals surface area contributed by atoms with Crippen LogP contribution in [0.15, 0.2) is 158 Å². The van der Waals surface area contributed by atoms with Gasteiger partial charge in [-0.15, -0.1) is 0 Å². The Kier molecular flexibility index (Phi) is 6.89. The molecule has 0 unspecified atom stereocenters. The van der Waals surface area contributed by atoms with Crippen molar-refractivity contribution in [3.8, 4) is 11.1 Å². The second kappa shape index (κ2) is 11.1. The number of hydrogen-bond donors (Lipinski definition) is 2. The van der Waals surface area contributed by atoms with E-state index in [1.165, 1.54) is 0 Å². The summed E-state index contributed by atoms with van der Waals surface area (Å²) in [6.45, 7) is 0. The predicted molar refractivity (Wildman–Crippen MR) is 170 cm³/mol. The summed E-state index contributed by atoms with van der Waals surface area (Å²) in [4.78, 5) is 4.47. The van der Waals surface area contributed by atoms with E-state index in [9.17, 15) is 0 Å². The van der Waals surface area contributed by atoms with Gasteiger partial charge >= 0.3 is 0 Å². The third-order valence-electron chi connectivity index (χ3n) is 6.92. The molecule has 0 fully saturated rings. The summed E-state index contributed by atoms with van der Waals surface area (Å²) in [5.74, 6) is 0. The minimum atomic E-state index is 0.748. The van der Waals surface area contributed by atoms with Gasteiger partial charge in [0.25, 0.3) is 0 Å². The van der Waals surface area contributed by atoms with Crippen LogP contribution in [0.4, 0.5) is 45.5 Å². The molecule has 0 aliphatic heterocycles. The fraction of sp³-hybridized carbons (Fsp3) is 0. The molecule has 4 heteroatoms. The van der Waals surface area contributed by atoms with Crippen LogP contribution in [-0.2, 0) is 0 Å². The molecule has 194 valence electrons. The van der Waals surface area contributed by atoms with Gasteiger partial charge in [-0.2, -0.15) is 0 Å². The molecule has 0 spiro atoms. The van der Waals surface area contributed by atoms with Gasteiger partial charge in [-0.05, 0) is 108 Å². The van der Waals surface area contributed by atoms with Crippen LogP contribution < -0.4 is 21.3 Å². The summed E-state index contributed by atoms with van der Waals surface area (Å²) in [7, 11) is 0. The molecule has 0 heterocycles. The van der Waals surface area contributed by atoms with Crippen molar-refractivity contribution in [1.82, 2.24) is 0 Å². The van der Waals surface area contributed by atoms with Crippen LogP contribution in [0.25, 0.3) is 11.1 Å². The third-order valence-corrected chi connectivity index (χ3v) is 6.92. The van der Waals surface area contributed by atoms with Gasteiger partial charge in [-0.1, -0.05) is 60.7 Å². The van der Waals surface area contributed by atoms with Crippen LogP contribution in [0.5, 0.6) is 0 Å². The van der Waals surface area contributed by atoms with Gasteiger partial charge in [0.05, 0.1) is 0 Å². The molecule has 0 aromatic heterocycles. The van der Waals surface area contributed by atoms with E-state index in [1.54, 1.807) is 0 Å². The highest BCUT2D eigenvalue weighted by Gasteiger charge is 2.14. The molecule has 0 saturated heterocycles. The van der Waals surface area contributed by atoms with E-state index in [4.69, 9.17) is 11.5 Å². The molecular formula is C36H30N4. The summed E-state index contributed by atoms with van der Waals surface area (Å²) in [5.41, 5.74) is 22.2. The Balaban J connectivity index is 1.31. The van der Waals surface area contributed by atoms with Gasteiger partial charge in [-0.25, -0.2) is 0 Å². The minimum absolute atomic E-state index is 0.748. The topological polar surface area (TPSA) is 58.5 Å². The second-order valence-electron chi connectivity index (χ2n) is 9.62. The first-order valence-corrected chi connectivity index (χ1v) is 13.3. The standard InChI is InChI=1S/C36H30N4/c37-29-15-23-35(24-16-29)39(31-7-3-1-4-8-31)33-19-11-27(12-20-33)28-13-21-34(22-14-28)40(32-9-5-2-6-10-32)36-25-17-30(38)18-26-36/h1-26H,37-38H2. The van der Waals surface area contributed by atoms with Crippen molar-refractivity contribution in [3.05, 3.63) is 158 Å². The maximum Gasteiger partial charge on any atom is 0.0463 e. The summed E-state index contributed by atoms with van der Waals surface area (Å²) in [6, 6.07) is 54.0. The zero-order chi connectivity index (χ0) is 27.3. The molecule has 40 heavy (non-hydrogen) atoms. The molecule has 6 aromatic rings. The summed E-state index contributed by atoms with van der Waals surface area (Å²) < 4.78 is 0. The van der Waals surface area contributed by atoms with E-state index in [0.29, 0.717) is 0 Å². The lowest BCUT2D eigenvalue weighted by atomic mass is 10.0. The molecule has 0 saturated carbocycles. The maximum atomic E-state index is 5.96. The maximum absolute atomic E-state index is 5.96. The Morgan fingerprint density at radius 3 is 0.825 bits per heavy atom. The first kappa shape index (κ1) is 24.8. The largest absolute Gasteiger partial charge is 0.399 e. The molecule has 0 atom stereocenters. The molecule has 4 nitrogen and oxygen atoms in total. The highest BCUT2D eigenvalue weighted by molar-refractivity contribution is 5.81. The highest BCUT2D eigenvalue weighted by atomic mass is 15.1. The van der Waals surface area contributed by atoms with Gasteiger partial charge in [0.2, 0.25) is 0 Å². The van der Waals surface area contributed by atoms with Crippen molar-refractivity contribution in [3.63, 3.8) is 0 Å². The number of nitrogens with two attached hydrogens (primary N) is 2. The van der Waals surface area contributed by atoms with Crippen LogP contribution in [-0.4, -0.2) is 0 Å². The van der Waals surface area contributed by atoms with Crippen LogP contribution in [0, 0.1) is 0 Å². The average molecular weight is 519 g/mol. The molecule has 0 bridgehead atoms. The molecule has 0 amide bonds. The van der Waals surface area contributed by atoms with Crippen LogP contribution >= 0.6 is 0 Å². The second-order valence-corrected chi connectivity index (χ2v) is 9.62. The van der Waals surface area contributed by atoms with E-state index < -0.39 is 0 Å². The van der Waals surface area contributed by atoms with E-state index in [-0.39, 0.29) is 0 Å². The fourth-order valence-corrected chi connectivity index (χ4v) is 4.90. The fourth-order valence-electron chi connectivity index (χ4n) is 4.90. The van der Waals surface area contributed by atoms with Crippen molar-refractivity contribution in [1.29, 1.82) is 0 Å². The minimum Gasteiger partial charge on any atom is -0.399 e. The summed E-state index contributed by atoms with van der Waals surface area (Å²) in [6.07, 6.45) is 0. The lowest BCUT2D eigenvalue weighted by Crippen LogP contribution is -2.10. The van der Waals surface area contributed by atoms with E-state index in [2.05, 4.69) is 131 Å². The SMILES string of the molecule is Nc1ccc(N(c2ccccc2)c2ccc(-c3ccc(N(c4ccccc4)c4ccc(N)cc4)cc3)cc2)cc1. The quantitative estimate of drug-likeness (QED) is 0.207. The summed E-state index contributed by atoms with van der Waals surface area (Å²) in [5, 5.41) is 0. The molecule has 0 aliphatic carbocycles. The molecule has 0 aliphatic rings. The number of hydrogen-bond acceptors (Lipinski definition) is 4. The zero-order valence-electron chi connectivity index (χ0n) is 22.1. The highest BCUT2D eigenvalue weighted by Crippen LogP contribution is 2.38. The lowest BCUT2D eigenvalue weighted by molar-refractivity contribution is 1.28. The van der Waals surface area contributed by atoms with E-state index in [0.717, 1.165) is 56.6 Å². The first-order chi connectivity index (χ1) is 19.7. The van der Waals surface area contributed by atoms with Gasteiger partial charge in [0, 0.05) is 45.5 Å². The van der Waals surface area contributed by atoms with Gasteiger partial charge < -0.3 is 21.3 Å². The summed E-state index contributed by atoms with van der Waals surface area (Å²) >= 11 is 0. The molecule has 4 N–H and O–H groups in total. The number of para-hydroxylation sites is 2. The van der Waals surface area contributed by atoms with E-state index >= 15 is 0 Å². The number of anilines is 8. The number of nitrogens with zero attached hydrogens (tertiary/aromatic N) is 2. The number of benzene rings is 6. The Labute approximate surface area is 235 Å². The third kappa shape index (κ3) is 5.24. The van der Waals surface area contributed by atoms with Gasteiger partial charge in [0.1, 0.15) is 0 Å². The monoisotopic (exact) mass is 518 g/mol. The normalized spacial score (nSPS) is 10.7. The van der Waals surface area contributed by atoms with Crippen LogP contribution in [0.2, 0.25) is 0 Å². The Bertz CT molecular complexity index is 1530. The first-order valence-electron chi connectivity index (χ1n) is 13.3. The Hall–Kier alpha value is -5.48. The molecule has 6 rings (SSSR count). The molecule has 0 radical (unpaired) electrons. The van der Waals surface area contributed by atoms with Crippen LogP contribution in [0.3, 0.4) is 0 Å². The Morgan fingerprint density at radius 2 is 0.525 bits per heavy atom. The van der Waals surface area contributed by atoms with Crippen molar-refractivity contribution >= 4 is 45.5 Å². The number of rotatable bonds is 7. The smallest absolute Gasteiger partial charge is 0.0463 e. The predicted octanol–water partition coefficient (Wildman–Crippen LogP) is 9.46. The van der Waals surface area contributed by atoms with E-state index in [1.807, 2.05) is 36.4 Å². The lowest BCUT2D eigenvalue weighted by Gasteiger charge is -2.26. The average Bonchev–Trinajstić information content (AvgIpc) is 3.01. The van der Waals surface area contributed by atoms with Crippen molar-refractivity contribution in [2.24, 2.45) is 0 Å².